The fourth-order valence-corrected chi connectivity index (χ4v) is 5.39. The molecule has 3 heteroatoms. The molecule has 3 aromatic heterocycles. The van der Waals surface area contributed by atoms with Crippen molar-refractivity contribution in [1.82, 2.24) is 14.1 Å². The highest BCUT2D eigenvalue weighted by Crippen LogP contribution is 2.27. The first-order valence-electron chi connectivity index (χ1n) is 12.3. The summed E-state index contributed by atoms with van der Waals surface area (Å²) < 4.78 is 4.60. The van der Waals surface area contributed by atoms with Gasteiger partial charge >= 0.3 is 0 Å². The lowest BCUT2D eigenvalue weighted by Crippen LogP contribution is -2.11. The lowest BCUT2D eigenvalue weighted by Gasteiger charge is -2.20. The van der Waals surface area contributed by atoms with Crippen molar-refractivity contribution in [2.45, 2.75) is 91.9 Å². The number of aromatic nitrogens is 3. The van der Waals surface area contributed by atoms with Gasteiger partial charge in [-0.3, -0.25) is 0 Å². The fourth-order valence-electron chi connectivity index (χ4n) is 5.39. The zero-order chi connectivity index (χ0) is 21.8. The molecular weight excluding hydrogens is 378 g/mol. The third kappa shape index (κ3) is 5.14. The minimum absolute atomic E-state index is 0.792. The van der Waals surface area contributed by atoms with E-state index in [4.69, 9.17) is 4.98 Å². The smallest absolute Gasteiger partial charge is 0.139 e. The highest BCUT2D eigenvalue weighted by Gasteiger charge is 2.16. The maximum Gasteiger partial charge on any atom is 0.139 e. The maximum atomic E-state index is 5.14. The van der Waals surface area contributed by atoms with Crippen LogP contribution in [0.25, 0.3) is 11.6 Å². The van der Waals surface area contributed by atoms with Crippen molar-refractivity contribution in [2.24, 2.45) is 5.92 Å². The summed E-state index contributed by atoms with van der Waals surface area (Å²) in [7, 11) is 0. The second-order valence-corrected chi connectivity index (χ2v) is 9.72. The van der Waals surface area contributed by atoms with Gasteiger partial charge in [0.25, 0.3) is 0 Å². The van der Waals surface area contributed by atoms with Crippen molar-refractivity contribution >= 4 is 0 Å². The van der Waals surface area contributed by atoms with Gasteiger partial charge in [-0.2, -0.15) is 0 Å². The van der Waals surface area contributed by atoms with Crippen LogP contribution in [0.3, 0.4) is 0 Å². The molecule has 166 valence electrons. The van der Waals surface area contributed by atoms with Crippen LogP contribution in [0.2, 0.25) is 0 Å². The molecule has 0 aliphatic heterocycles. The van der Waals surface area contributed by atoms with Crippen LogP contribution in [-0.4, -0.2) is 14.1 Å². The molecule has 4 rings (SSSR count). The molecule has 0 unspecified atom stereocenters. The average Bonchev–Trinajstić information content (AvgIpc) is 3.27. The highest BCUT2D eigenvalue weighted by molar-refractivity contribution is 5.43. The minimum Gasteiger partial charge on any atom is -0.303 e. The molecule has 0 N–H and O–H groups in total. The van der Waals surface area contributed by atoms with Gasteiger partial charge in [0.05, 0.1) is 0 Å². The monoisotopic (exact) mass is 417 g/mol. The second-order valence-electron chi connectivity index (χ2n) is 9.72. The largest absolute Gasteiger partial charge is 0.303 e. The standard InChI is InChI=1S/C28H39N3/c1-21-14-15-22(2)30(21)27-19-26(18-25-12-10-8-6-5-7-9-11-13-25)20-28(29-27)31-23(3)16-17-24(31)4/h14-17,19-20,25H,5-13,18H2,1-4H3. The molecule has 0 amide bonds. The molecular formula is C28H39N3. The van der Waals surface area contributed by atoms with Crippen molar-refractivity contribution < 1.29 is 0 Å². The van der Waals surface area contributed by atoms with E-state index in [2.05, 4.69) is 73.2 Å². The van der Waals surface area contributed by atoms with Gasteiger partial charge in [0.1, 0.15) is 11.6 Å². The van der Waals surface area contributed by atoms with E-state index < -0.39 is 0 Å². The Morgan fingerprint density at radius 3 is 1.45 bits per heavy atom. The zero-order valence-corrected chi connectivity index (χ0v) is 20.0. The Kier molecular flexibility index (Phi) is 6.99. The van der Waals surface area contributed by atoms with Crippen LogP contribution in [0.5, 0.6) is 0 Å². The number of aryl methyl sites for hydroxylation is 4. The maximum absolute atomic E-state index is 5.14. The van der Waals surface area contributed by atoms with Crippen molar-refractivity contribution in [3.05, 3.63) is 64.7 Å². The molecule has 3 nitrogen and oxygen atoms in total. The van der Waals surface area contributed by atoms with Crippen LogP contribution in [0.1, 0.15) is 86.1 Å². The summed E-state index contributed by atoms with van der Waals surface area (Å²) in [5, 5.41) is 0. The SMILES string of the molecule is Cc1ccc(C)n1-c1cc(CC2CCCCCCCCC2)cc(-n2c(C)ccc2C)n1. The predicted octanol–water partition coefficient (Wildman–Crippen LogP) is 7.58. The number of hydrogen-bond acceptors (Lipinski definition) is 1. The minimum atomic E-state index is 0.792. The van der Waals surface area contributed by atoms with Gasteiger partial charge in [-0.05, 0) is 82.0 Å². The topological polar surface area (TPSA) is 22.8 Å². The molecule has 0 saturated heterocycles. The average molecular weight is 418 g/mol. The predicted molar refractivity (Wildman–Crippen MR) is 131 cm³/mol. The van der Waals surface area contributed by atoms with Crippen LogP contribution in [0.4, 0.5) is 0 Å². The summed E-state index contributed by atoms with van der Waals surface area (Å²) in [5.41, 5.74) is 6.41. The van der Waals surface area contributed by atoms with E-state index in [1.807, 2.05) is 0 Å². The summed E-state index contributed by atoms with van der Waals surface area (Å²) in [4.78, 5) is 5.14. The van der Waals surface area contributed by atoms with Gasteiger partial charge in [-0.1, -0.05) is 57.8 Å². The summed E-state index contributed by atoms with van der Waals surface area (Å²) in [5.74, 6) is 2.90. The molecule has 0 bridgehead atoms. The number of pyridine rings is 1. The highest BCUT2D eigenvalue weighted by atomic mass is 15.1. The first-order chi connectivity index (χ1) is 15.0. The van der Waals surface area contributed by atoms with E-state index in [0.717, 1.165) is 17.6 Å². The van der Waals surface area contributed by atoms with Gasteiger partial charge in [0, 0.05) is 22.8 Å². The molecule has 3 aromatic rings. The molecule has 1 saturated carbocycles. The Balaban J connectivity index is 1.71. The third-order valence-corrected chi connectivity index (χ3v) is 7.11. The van der Waals surface area contributed by atoms with Crippen molar-refractivity contribution in [3.8, 4) is 11.6 Å². The molecule has 1 aliphatic rings. The van der Waals surface area contributed by atoms with Crippen LogP contribution < -0.4 is 0 Å². The second kappa shape index (κ2) is 9.89. The quantitative estimate of drug-likeness (QED) is 0.429. The zero-order valence-electron chi connectivity index (χ0n) is 20.0. The third-order valence-electron chi connectivity index (χ3n) is 7.11. The molecule has 1 fully saturated rings. The first-order valence-corrected chi connectivity index (χ1v) is 12.3. The van der Waals surface area contributed by atoms with E-state index in [1.165, 1.54) is 92.5 Å². The molecule has 31 heavy (non-hydrogen) atoms. The molecule has 0 spiro atoms. The summed E-state index contributed by atoms with van der Waals surface area (Å²) in [6.07, 6.45) is 13.8. The Labute approximate surface area is 188 Å². The molecule has 0 aromatic carbocycles. The van der Waals surface area contributed by atoms with Crippen molar-refractivity contribution in [2.75, 3.05) is 0 Å². The Morgan fingerprint density at radius 1 is 0.645 bits per heavy atom. The fraction of sp³-hybridized carbons (Fsp3) is 0.536. The Bertz CT molecular complexity index is 894. The Hall–Kier alpha value is -2.29. The lowest BCUT2D eigenvalue weighted by atomic mass is 9.88. The van der Waals surface area contributed by atoms with Gasteiger partial charge in [-0.25, -0.2) is 4.98 Å². The van der Waals surface area contributed by atoms with Crippen LogP contribution in [0.15, 0.2) is 36.4 Å². The van der Waals surface area contributed by atoms with Crippen molar-refractivity contribution in [3.63, 3.8) is 0 Å². The molecule has 1 aliphatic carbocycles. The van der Waals surface area contributed by atoms with E-state index >= 15 is 0 Å². The summed E-state index contributed by atoms with van der Waals surface area (Å²) in [6, 6.07) is 13.5. The Morgan fingerprint density at radius 2 is 1.03 bits per heavy atom. The van der Waals surface area contributed by atoms with Gasteiger partial charge in [0.2, 0.25) is 0 Å². The van der Waals surface area contributed by atoms with Crippen LogP contribution >= 0.6 is 0 Å². The van der Waals surface area contributed by atoms with Crippen LogP contribution in [0, 0.1) is 33.6 Å². The number of rotatable bonds is 4. The number of nitrogens with zero attached hydrogens (tertiary/aromatic N) is 3. The van der Waals surface area contributed by atoms with E-state index in [0.29, 0.717) is 0 Å². The summed E-state index contributed by atoms with van der Waals surface area (Å²) >= 11 is 0. The van der Waals surface area contributed by atoms with E-state index in [-0.39, 0.29) is 0 Å². The van der Waals surface area contributed by atoms with Gasteiger partial charge < -0.3 is 9.13 Å². The van der Waals surface area contributed by atoms with E-state index in [9.17, 15) is 0 Å². The van der Waals surface area contributed by atoms with Crippen LogP contribution in [-0.2, 0) is 6.42 Å². The number of hydrogen-bond donors (Lipinski definition) is 0. The molecule has 3 heterocycles. The normalized spacial score (nSPS) is 16.5. The van der Waals surface area contributed by atoms with E-state index in [1.54, 1.807) is 0 Å². The van der Waals surface area contributed by atoms with Gasteiger partial charge in [-0.15, -0.1) is 0 Å². The van der Waals surface area contributed by atoms with Crippen molar-refractivity contribution in [1.29, 1.82) is 0 Å². The lowest BCUT2D eigenvalue weighted by molar-refractivity contribution is 0.387. The summed E-state index contributed by atoms with van der Waals surface area (Å²) in [6.45, 7) is 8.70. The molecule has 0 radical (unpaired) electrons. The first kappa shape index (κ1) is 21.9. The van der Waals surface area contributed by atoms with Gasteiger partial charge in [0.15, 0.2) is 0 Å². The molecule has 0 atom stereocenters.